The van der Waals surface area contributed by atoms with E-state index >= 15 is 0 Å². The molecular formula is C16H24N2. The second-order valence-corrected chi connectivity index (χ2v) is 6.06. The van der Waals surface area contributed by atoms with Gasteiger partial charge >= 0.3 is 0 Å². The lowest BCUT2D eigenvalue weighted by Gasteiger charge is -2.42. The van der Waals surface area contributed by atoms with Crippen LogP contribution in [0.25, 0.3) is 0 Å². The number of rotatable bonds is 2. The molecule has 0 aromatic heterocycles. The summed E-state index contributed by atoms with van der Waals surface area (Å²) in [5, 5.41) is 0. The first-order chi connectivity index (χ1) is 8.72. The Morgan fingerprint density at radius 3 is 2.72 bits per heavy atom. The Morgan fingerprint density at radius 1 is 1.17 bits per heavy atom. The number of nitrogens with zero attached hydrogens (tertiary/aromatic N) is 2. The maximum atomic E-state index is 2.69. The molecule has 3 rings (SSSR count). The number of aryl methyl sites for hydroxylation is 1. The summed E-state index contributed by atoms with van der Waals surface area (Å²) in [6.45, 7) is 9.50. The highest BCUT2D eigenvalue weighted by atomic mass is 15.3. The average molecular weight is 244 g/mol. The summed E-state index contributed by atoms with van der Waals surface area (Å²) in [7, 11) is 0. The van der Waals surface area contributed by atoms with Crippen molar-refractivity contribution in [2.45, 2.75) is 45.3 Å². The van der Waals surface area contributed by atoms with E-state index in [1.165, 1.54) is 43.6 Å². The lowest BCUT2D eigenvalue weighted by atomic mass is 10.1. The molecule has 0 amide bonds. The predicted octanol–water partition coefficient (Wildman–Crippen LogP) is 2.66. The molecule has 1 aromatic rings. The van der Waals surface area contributed by atoms with E-state index in [0.29, 0.717) is 6.04 Å². The summed E-state index contributed by atoms with van der Waals surface area (Å²) in [4.78, 5) is 5.35. The fraction of sp³-hybridized carbons (Fsp3) is 0.625. The number of benzene rings is 1. The van der Waals surface area contributed by atoms with Crippen molar-refractivity contribution in [3.8, 4) is 0 Å². The molecular weight excluding hydrogens is 220 g/mol. The average Bonchev–Trinajstić information content (AvgIpc) is 2.79. The Balaban J connectivity index is 1.66. The van der Waals surface area contributed by atoms with Crippen LogP contribution < -0.4 is 0 Å². The van der Waals surface area contributed by atoms with Crippen molar-refractivity contribution in [1.82, 2.24) is 9.80 Å². The van der Waals surface area contributed by atoms with E-state index < -0.39 is 0 Å². The molecule has 98 valence electrons. The predicted molar refractivity (Wildman–Crippen MR) is 75.6 cm³/mol. The standard InChI is InChI=1S/C16H24N2/c1-13-5-7-15(8-6-13)11-18-12-16-4-3-9-17(16)10-14(18)2/h5-8,14,16H,3-4,9-12H2,1-2H3. The van der Waals surface area contributed by atoms with Crippen LogP contribution in [0.4, 0.5) is 0 Å². The van der Waals surface area contributed by atoms with Crippen LogP contribution in [0.1, 0.15) is 30.9 Å². The van der Waals surface area contributed by atoms with Gasteiger partial charge in [-0.2, -0.15) is 0 Å². The van der Waals surface area contributed by atoms with Crippen molar-refractivity contribution in [3.05, 3.63) is 35.4 Å². The first-order valence-corrected chi connectivity index (χ1v) is 7.26. The van der Waals surface area contributed by atoms with Crippen molar-refractivity contribution in [3.63, 3.8) is 0 Å². The quantitative estimate of drug-likeness (QED) is 0.789. The van der Waals surface area contributed by atoms with E-state index in [1.54, 1.807) is 0 Å². The molecule has 0 spiro atoms. The zero-order valence-corrected chi connectivity index (χ0v) is 11.6. The maximum absolute atomic E-state index is 2.69. The van der Waals surface area contributed by atoms with Gasteiger partial charge in [0.2, 0.25) is 0 Å². The molecule has 2 fully saturated rings. The van der Waals surface area contributed by atoms with Crippen molar-refractivity contribution >= 4 is 0 Å². The highest BCUT2D eigenvalue weighted by Gasteiger charge is 2.33. The van der Waals surface area contributed by atoms with E-state index in [1.807, 2.05) is 0 Å². The van der Waals surface area contributed by atoms with Gasteiger partial charge in [-0.05, 0) is 38.8 Å². The monoisotopic (exact) mass is 244 g/mol. The van der Waals surface area contributed by atoms with Gasteiger partial charge in [0.25, 0.3) is 0 Å². The molecule has 0 aliphatic carbocycles. The van der Waals surface area contributed by atoms with Crippen molar-refractivity contribution in [2.75, 3.05) is 19.6 Å². The van der Waals surface area contributed by atoms with Crippen LogP contribution in [-0.2, 0) is 6.54 Å². The summed E-state index contributed by atoms with van der Waals surface area (Å²) in [6.07, 6.45) is 2.80. The number of fused-ring (bicyclic) bond motifs is 1. The highest BCUT2D eigenvalue weighted by molar-refractivity contribution is 5.21. The highest BCUT2D eigenvalue weighted by Crippen LogP contribution is 2.25. The molecule has 2 saturated heterocycles. The summed E-state index contributed by atoms with van der Waals surface area (Å²) < 4.78 is 0. The van der Waals surface area contributed by atoms with Gasteiger partial charge in [0.05, 0.1) is 0 Å². The van der Waals surface area contributed by atoms with E-state index in [0.717, 1.165) is 12.6 Å². The Bertz CT molecular complexity index is 398. The van der Waals surface area contributed by atoms with E-state index in [2.05, 4.69) is 47.9 Å². The van der Waals surface area contributed by atoms with Crippen LogP contribution in [-0.4, -0.2) is 41.5 Å². The molecule has 1 aromatic carbocycles. The van der Waals surface area contributed by atoms with Crippen LogP contribution in [0, 0.1) is 6.92 Å². The third kappa shape index (κ3) is 2.45. The number of piperazine rings is 1. The van der Waals surface area contributed by atoms with Crippen LogP contribution in [0.5, 0.6) is 0 Å². The first-order valence-electron chi connectivity index (χ1n) is 7.26. The SMILES string of the molecule is Cc1ccc(CN2CC3CCCN3CC2C)cc1. The topological polar surface area (TPSA) is 6.48 Å². The fourth-order valence-electron chi connectivity index (χ4n) is 3.40. The smallest absolute Gasteiger partial charge is 0.0237 e. The van der Waals surface area contributed by atoms with Crippen molar-refractivity contribution < 1.29 is 0 Å². The van der Waals surface area contributed by atoms with E-state index in [4.69, 9.17) is 0 Å². The Labute approximate surface area is 111 Å². The normalized spacial score (nSPS) is 29.4. The molecule has 2 unspecified atom stereocenters. The largest absolute Gasteiger partial charge is 0.298 e. The molecule has 0 bridgehead atoms. The van der Waals surface area contributed by atoms with Gasteiger partial charge in [0.15, 0.2) is 0 Å². The molecule has 2 atom stereocenters. The Kier molecular flexibility index (Phi) is 3.40. The Morgan fingerprint density at radius 2 is 1.94 bits per heavy atom. The lowest BCUT2D eigenvalue weighted by Crippen LogP contribution is -2.54. The Hall–Kier alpha value is -0.860. The minimum Gasteiger partial charge on any atom is -0.298 e. The molecule has 2 aliphatic heterocycles. The second kappa shape index (κ2) is 5.02. The molecule has 0 N–H and O–H groups in total. The van der Waals surface area contributed by atoms with Crippen LogP contribution in [0.3, 0.4) is 0 Å². The summed E-state index contributed by atoms with van der Waals surface area (Å²) in [5.41, 5.74) is 2.81. The molecule has 18 heavy (non-hydrogen) atoms. The van der Waals surface area contributed by atoms with E-state index in [-0.39, 0.29) is 0 Å². The van der Waals surface area contributed by atoms with Crippen molar-refractivity contribution in [2.24, 2.45) is 0 Å². The van der Waals surface area contributed by atoms with Gasteiger partial charge in [-0.1, -0.05) is 29.8 Å². The molecule has 2 nitrogen and oxygen atoms in total. The maximum Gasteiger partial charge on any atom is 0.0237 e. The van der Waals surface area contributed by atoms with Gasteiger partial charge in [-0.3, -0.25) is 9.80 Å². The van der Waals surface area contributed by atoms with Crippen LogP contribution in [0.15, 0.2) is 24.3 Å². The molecule has 2 heterocycles. The molecule has 0 radical (unpaired) electrons. The summed E-state index contributed by atoms with van der Waals surface area (Å²) >= 11 is 0. The van der Waals surface area contributed by atoms with Gasteiger partial charge in [-0.25, -0.2) is 0 Å². The molecule has 0 saturated carbocycles. The molecule has 2 heteroatoms. The third-order valence-electron chi connectivity index (χ3n) is 4.57. The third-order valence-corrected chi connectivity index (χ3v) is 4.57. The first kappa shape index (κ1) is 12.2. The zero-order valence-electron chi connectivity index (χ0n) is 11.6. The number of hydrogen-bond acceptors (Lipinski definition) is 2. The van der Waals surface area contributed by atoms with Gasteiger partial charge < -0.3 is 0 Å². The van der Waals surface area contributed by atoms with Gasteiger partial charge in [0, 0.05) is 31.7 Å². The zero-order chi connectivity index (χ0) is 12.5. The minimum absolute atomic E-state index is 0.695. The van der Waals surface area contributed by atoms with Crippen LogP contribution in [0.2, 0.25) is 0 Å². The van der Waals surface area contributed by atoms with Gasteiger partial charge in [-0.15, -0.1) is 0 Å². The van der Waals surface area contributed by atoms with Crippen LogP contribution >= 0.6 is 0 Å². The summed E-state index contributed by atoms with van der Waals surface area (Å²) in [5.74, 6) is 0. The lowest BCUT2D eigenvalue weighted by molar-refractivity contribution is 0.0540. The fourth-order valence-corrected chi connectivity index (χ4v) is 3.40. The van der Waals surface area contributed by atoms with E-state index in [9.17, 15) is 0 Å². The van der Waals surface area contributed by atoms with Gasteiger partial charge in [0.1, 0.15) is 0 Å². The second-order valence-electron chi connectivity index (χ2n) is 6.06. The summed E-state index contributed by atoms with van der Waals surface area (Å²) in [6, 6.07) is 10.5. The number of hydrogen-bond donors (Lipinski definition) is 0. The molecule has 2 aliphatic rings. The van der Waals surface area contributed by atoms with Crippen molar-refractivity contribution in [1.29, 1.82) is 0 Å². The minimum atomic E-state index is 0.695.